The number of aromatic nitrogens is 2. The van der Waals surface area contributed by atoms with Gasteiger partial charge in [-0.15, -0.1) is 5.10 Å². The van der Waals surface area contributed by atoms with E-state index >= 15 is 0 Å². The molecule has 0 unspecified atom stereocenters. The van der Waals surface area contributed by atoms with E-state index in [9.17, 15) is 8.42 Å². The van der Waals surface area contributed by atoms with Crippen molar-refractivity contribution in [1.82, 2.24) is 14.5 Å². The van der Waals surface area contributed by atoms with E-state index in [1.165, 1.54) is 17.8 Å². The Kier molecular flexibility index (Phi) is 5.29. The van der Waals surface area contributed by atoms with Crippen LogP contribution >= 0.6 is 11.5 Å². The van der Waals surface area contributed by atoms with Gasteiger partial charge >= 0.3 is 0 Å². The average molecular weight is 278 g/mol. The number of anilines is 1. The molecule has 1 N–H and O–H groups in total. The Morgan fingerprint density at radius 2 is 2.18 bits per heavy atom. The predicted molar refractivity (Wildman–Crippen MR) is 70.1 cm³/mol. The van der Waals surface area contributed by atoms with Crippen LogP contribution in [0.5, 0.6) is 0 Å². The number of sulfone groups is 1. The molecule has 0 radical (unpaired) electrons. The minimum Gasteiger partial charge on any atom is -0.374 e. The molecule has 98 valence electrons. The third kappa shape index (κ3) is 5.42. The smallest absolute Gasteiger partial charge is 0.148 e. The van der Waals surface area contributed by atoms with Gasteiger partial charge in [0.1, 0.15) is 20.5 Å². The van der Waals surface area contributed by atoms with Gasteiger partial charge in [0.15, 0.2) is 0 Å². The lowest BCUT2D eigenvalue weighted by Crippen LogP contribution is -2.25. The third-order valence-electron chi connectivity index (χ3n) is 2.16. The monoisotopic (exact) mass is 278 g/mol. The molecule has 8 heteroatoms. The van der Waals surface area contributed by atoms with Crippen LogP contribution in [0.25, 0.3) is 0 Å². The molecule has 0 saturated heterocycles. The number of rotatable bonds is 7. The van der Waals surface area contributed by atoms with Crippen LogP contribution in [0.15, 0.2) is 0 Å². The molecule has 1 rings (SSSR count). The van der Waals surface area contributed by atoms with Gasteiger partial charge in [-0.25, -0.2) is 8.42 Å². The first-order valence-corrected chi connectivity index (χ1v) is 8.17. The molecule has 1 aromatic rings. The van der Waals surface area contributed by atoms with Crippen molar-refractivity contribution < 1.29 is 8.42 Å². The highest BCUT2D eigenvalue weighted by molar-refractivity contribution is 7.90. The minimum atomic E-state index is -2.91. The zero-order chi connectivity index (χ0) is 12.9. The van der Waals surface area contributed by atoms with E-state index in [0.29, 0.717) is 13.1 Å². The van der Waals surface area contributed by atoms with E-state index in [2.05, 4.69) is 14.9 Å². The minimum absolute atomic E-state index is 0.164. The standard InChI is InChI=1S/C9H18N4O2S2/c1-4-10-9-8(11-12-16-9)7-13(2)5-6-17(3,14)15/h10H,4-7H2,1-3H3. The first-order chi connectivity index (χ1) is 7.92. The molecule has 17 heavy (non-hydrogen) atoms. The lowest BCUT2D eigenvalue weighted by Gasteiger charge is -2.14. The molecule has 0 amide bonds. The summed E-state index contributed by atoms with van der Waals surface area (Å²) < 4.78 is 26.0. The van der Waals surface area contributed by atoms with E-state index in [1.54, 1.807) is 0 Å². The maximum atomic E-state index is 11.0. The number of hydrogen-bond donors (Lipinski definition) is 1. The molecule has 6 nitrogen and oxygen atoms in total. The van der Waals surface area contributed by atoms with E-state index in [1.807, 2.05) is 18.9 Å². The highest BCUT2D eigenvalue weighted by Gasteiger charge is 2.11. The molecule has 0 aliphatic carbocycles. The van der Waals surface area contributed by atoms with E-state index in [-0.39, 0.29) is 5.75 Å². The van der Waals surface area contributed by atoms with Crippen molar-refractivity contribution >= 4 is 26.4 Å². The molecule has 0 fully saturated rings. The fourth-order valence-electron chi connectivity index (χ4n) is 1.26. The summed E-state index contributed by atoms with van der Waals surface area (Å²) in [6.07, 6.45) is 1.25. The fourth-order valence-corrected chi connectivity index (χ4v) is 2.55. The summed E-state index contributed by atoms with van der Waals surface area (Å²) in [7, 11) is -1.03. The van der Waals surface area contributed by atoms with E-state index in [4.69, 9.17) is 0 Å². The summed E-state index contributed by atoms with van der Waals surface area (Å²) in [4.78, 5) is 1.93. The summed E-state index contributed by atoms with van der Waals surface area (Å²) in [5, 5.41) is 8.17. The molecule has 1 aromatic heterocycles. The predicted octanol–water partition coefficient (Wildman–Crippen LogP) is 0.446. The summed E-state index contributed by atoms with van der Waals surface area (Å²) in [5.41, 5.74) is 0.868. The summed E-state index contributed by atoms with van der Waals surface area (Å²) in [6.45, 7) is 3.94. The summed E-state index contributed by atoms with van der Waals surface area (Å²) in [5.74, 6) is 0.164. The SMILES string of the molecule is CCNc1snnc1CN(C)CCS(C)(=O)=O. The molecular formula is C9H18N4O2S2. The number of hydrogen-bond acceptors (Lipinski definition) is 7. The van der Waals surface area contributed by atoms with E-state index in [0.717, 1.165) is 17.2 Å². The topological polar surface area (TPSA) is 75.2 Å². The van der Waals surface area contributed by atoms with Crippen molar-refractivity contribution in [3.63, 3.8) is 0 Å². The van der Waals surface area contributed by atoms with Gasteiger partial charge in [0.05, 0.1) is 5.75 Å². The van der Waals surface area contributed by atoms with Crippen LogP contribution in [0.1, 0.15) is 12.6 Å². The van der Waals surface area contributed by atoms with Gasteiger partial charge in [-0.3, -0.25) is 4.90 Å². The van der Waals surface area contributed by atoms with Crippen LogP contribution < -0.4 is 5.32 Å². The second-order valence-corrected chi connectivity index (χ2v) is 6.96. The van der Waals surface area contributed by atoms with Crippen molar-refractivity contribution in [2.45, 2.75) is 13.5 Å². The largest absolute Gasteiger partial charge is 0.374 e. The van der Waals surface area contributed by atoms with Gasteiger partial charge in [0.25, 0.3) is 0 Å². The molecule has 0 bridgehead atoms. The van der Waals surface area contributed by atoms with E-state index < -0.39 is 9.84 Å². The van der Waals surface area contributed by atoms with Gasteiger partial charge in [-0.05, 0) is 14.0 Å². The zero-order valence-corrected chi connectivity index (χ0v) is 11.9. The molecule has 0 aliphatic heterocycles. The maximum Gasteiger partial charge on any atom is 0.148 e. The van der Waals surface area contributed by atoms with Crippen LogP contribution in [0.3, 0.4) is 0 Å². The Bertz CT molecular complexity index is 444. The number of nitrogens with one attached hydrogen (secondary N) is 1. The number of nitrogens with zero attached hydrogens (tertiary/aromatic N) is 3. The quantitative estimate of drug-likeness (QED) is 0.780. The Morgan fingerprint density at radius 1 is 1.47 bits per heavy atom. The molecule has 1 heterocycles. The van der Waals surface area contributed by atoms with Gasteiger partial charge in [-0.2, -0.15) is 0 Å². The Balaban J connectivity index is 2.50. The van der Waals surface area contributed by atoms with Gasteiger partial charge in [0, 0.05) is 37.4 Å². The van der Waals surface area contributed by atoms with Crippen LogP contribution in [-0.2, 0) is 16.4 Å². The lowest BCUT2D eigenvalue weighted by molar-refractivity contribution is 0.342. The second-order valence-electron chi connectivity index (χ2n) is 3.95. The normalized spacial score (nSPS) is 12.0. The van der Waals surface area contributed by atoms with Gasteiger partial charge < -0.3 is 5.32 Å². The van der Waals surface area contributed by atoms with Crippen LogP contribution in [0.2, 0.25) is 0 Å². The Morgan fingerprint density at radius 3 is 2.76 bits per heavy atom. The third-order valence-corrected chi connectivity index (χ3v) is 3.81. The molecule has 0 spiro atoms. The highest BCUT2D eigenvalue weighted by Crippen LogP contribution is 2.18. The molecule has 0 aliphatic rings. The first-order valence-electron chi connectivity index (χ1n) is 5.33. The maximum absolute atomic E-state index is 11.0. The van der Waals surface area contributed by atoms with Crippen LogP contribution in [0.4, 0.5) is 5.00 Å². The van der Waals surface area contributed by atoms with Crippen molar-refractivity contribution in [3.05, 3.63) is 5.69 Å². The van der Waals surface area contributed by atoms with Crippen molar-refractivity contribution in [3.8, 4) is 0 Å². The van der Waals surface area contributed by atoms with Gasteiger partial charge in [-0.1, -0.05) is 4.49 Å². The van der Waals surface area contributed by atoms with Crippen molar-refractivity contribution in [2.75, 3.05) is 37.5 Å². The van der Waals surface area contributed by atoms with Gasteiger partial charge in [0.2, 0.25) is 0 Å². The highest BCUT2D eigenvalue weighted by atomic mass is 32.2. The molecule has 0 aromatic carbocycles. The lowest BCUT2D eigenvalue weighted by atomic mass is 10.4. The summed E-state index contributed by atoms with van der Waals surface area (Å²) in [6, 6.07) is 0. The summed E-state index contributed by atoms with van der Waals surface area (Å²) >= 11 is 1.32. The van der Waals surface area contributed by atoms with Crippen LogP contribution in [0, 0.1) is 0 Å². The van der Waals surface area contributed by atoms with Crippen LogP contribution in [-0.4, -0.2) is 55.1 Å². The van der Waals surface area contributed by atoms with Crippen molar-refractivity contribution in [2.24, 2.45) is 0 Å². The fraction of sp³-hybridized carbons (Fsp3) is 0.778. The molecule has 0 saturated carbocycles. The molecular weight excluding hydrogens is 260 g/mol. The second kappa shape index (κ2) is 6.27. The Labute approximate surface area is 106 Å². The molecule has 0 atom stereocenters. The Hall–Kier alpha value is -0.730. The zero-order valence-electron chi connectivity index (χ0n) is 10.3. The first kappa shape index (κ1) is 14.3. The van der Waals surface area contributed by atoms with Crippen molar-refractivity contribution in [1.29, 1.82) is 0 Å². The average Bonchev–Trinajstić information content (AvgIpc) is 2.63.